The van der Waals surface area contributed by atoms with Crippen molar-refractivity contribution in [1.29, 1.82) is 0 Å². The topological polar surface area (TPSA) is 103 Å². The highest BCUT2D eigenvalue weighted by molar-refractivity contribution is 6.33. The van der Waals surface area contributed by atoms with E-state index in [-0.39, 0.29) is 23.8 Å². The Hall–Kier alpha value is -2.74. The summed E-state index contributed by atoms with van der Waals surface area (Å²) in [5.41, 5.74) is 1.33. The highest BCUT2D eigenvalue weighted by Gasteiger charge is 2.36. The maximum atomic E-state index is 12.1. The second kappa shape index (κ2) is 6.64. The molecule has 8 nitrogen and oxygen atoms in total. The summed E-state index contributed by atoms with van der Waals surface area (Å²) in [5, 5.41) is 9.57. The van der Waals surface area contributed by atoms with E-state index in [9.17, 15) is 9.59 Å². The second-order valence-corrected chi connectivity index (χ2v) is 5.74. The average molecular weight is 366 g/mol. The summed E-state index contributed by atoms with van der Waals surface area (Å²) in [6.07, 6.45) is 0.103. The number of methoxy groups -OCH3 is 3. The Kier molecular flexibility index (Phi) is 4.54. The molecule has 1 amide bonds. The molecule has 2 aromatic rings. The number of carbonyl (C=O) groups excluding carboxylic acids is 2. The van der Waals surface area contributed by atoms with Crippen molar-refractivity contribution in [3.05, 3.63) is 34.0 Å². The molecule has 9 heteroatoms. The predicted octanol–water partition coefficient (Wildman–Crippen LogP) is 2.34. The predicted molar refractivity (Wildman–Crippen MR) is 89.6 cm³/mol. The smallest absolute Gasteiger partial charge is 0.356 e. The fourth-order valence-electron chi connectivity index (χ4n) is 2.95. The van der Waals surface area contributed by atoms with Gasteiger partial charge >= 0.3 is 5.97 Å². The van der Waals surface area contributed by atoms with Gasteiger partial charge in [-0.15, -0.1) is 0 Å². The van der Waals surface area contributed by atoms with Crippen molar-refractivity contribution in [2.45, 2.75) is 12.3 Å². The molecule has 2 N–H and O–H groups in total. The number of benzene rings is 1. The van der Waals surface area contributed by atoms with Gasteiger partial charge < -0.3 is 19.5 Å². The van der Waals surface area contributed by atoms with Crippen LogP contribution in [0.15, 0.2) is 12.1 Å². The molecule has 1 aliphatic heterocycles. The van der Waals surface area contributed by atoms with Gasteiger partial charge in [0.2, 0.25) is 5.91 Å². The first-order valence-electron chi connectivity index (χ1n) is 7.38. The molecule has 3 rings (SSSR count). The minimum atomic E-state index is -0.577. The number of rotatable bonds is 4. The standard InChI is InChI=1S/C16H16ClN3O5/c1-23-9-5-4-7(12(17)14(9)24-2)8-6-10(21)18-15-11(8)13(19-20-15)16(22)25-3/h4-5,8H,6H2,1-3H3,(H2,18,19,20,21)/t8-/m0/s1. The van der Waals surface area contributed by atoms with Gasteiger partial charge in [-0.2, -0.15) is 5.10 Å². The van der Waals surface area contributed by atoms with E-state index in [2.05, 4.69) is 15.5 Å². The highest BCUT2D eigenvalue weighted by atomic mass is 35.5. The molecular formula is C16H16ClN3O5. The Morgan fingerprint density at radius 3 is 2.68 bits per heavy atom. The first-order valence-corrected chi connectivity index (χ1v) is 7.76. The van der Waals surface area contributed by atoms with Gasteiger partial charge in [-0.1, -0.05) is 17.7 Å². The first-order chi connectivity index (χ1) is 12.0. The van der Waals surface area contributed by atoms with Crippen LogP contribution in [0, 0.1) is 0 Å². The number of halogens is 1. The monoisotopic (exact) mass is 365 g/mol. The minimum Gasteiger partial charge on any atom is -0.493 e. The fourth-order valence-corrected chi connectivity index (χ4v) is 3.32. The SMILES string of the molecule is COC(=O)c1[nH]nc2c1[C@H](c1ccc(OC)c(OC)c1Cl)CC(=O)N2. The number of aromatic nitrogens is 2. The molecule has 1 aliphatic rings. The van der Waals surface area contributed by atoms with Gasteiger partial charge in [-0.3, -0.25) is 9.89 Å². The van der Waals surface area contributed by atoms with Crippen LogP contribution < -0.4 is 14.8 Å². The number of hydrogen-bond acceptors (Lipinski definition) is 6. The fraction of sp³-hybridized carbons (Fsp3) is 0.312. The molecule has 0 unspecified atom stereocenters. The average Bonchev–Trinajstić information content (AvgIpc) is 3.03. The molecule has 0 aliphatic carbocycles. The van der Waals surface area contributed by atoms with E-state index in [1.807, 2.05) is 0 Å². The van der Waals surface area contributed by atoms with Crippen LogP contribution in [0.1, 0.15) is 34.0 Å². The number of ether oxygens (including phenoxy) is 3. The van der Waals surface area contributed by atoms with Crippen molar-refractivity contribution < 1.29 is 23.8 Å². The molecule has 0 saturated carbocycles. The zero-order valence-electron chi connectivity index (χ0n) is 13.8. The minimum absolute atomic E-state index is 0.103. The summed E-state index contributed by atoms with van der Waals surface area (Å²) in [6.45, 7) is 0. The second-order valence-electron chi connectivity index (χ2n) is 5.36. The van der Waals surface area contributed by atoms with E-state index in [0.717, 1.165) is 0 Å². The zero-order chi connectivity index (χ0) is 18.1. The van der Waals surface area contributed by atoms with Crippen LogP contribution in [0.5, 0.6) is 11.5 Å². The van der Waals surface area contributed by atoms with Gasteiger partial charge in [0.1, 0.15) is 5.69 Å². The van der Waals surface area contributed by atoms with Crippen molar-refractivity contribution in [1.82, 2.24) is 10.2 Å². The molecule has 1 aromatic carbocycles. The Bertz CT molecular complexity index is 849. The van der Waals surface area contributed by atoms with Gasteiger partial charge in [0.05, 0.1) is 26.4 Å². The van der Waals surface area contributed by atoms with Crippen molar-refractivity contribution in [2.75, 3.05) is 26.6 Å². The third-order valence-corrected chi connectivity index (χ3v) is 4.47. The molecule has 0 fully saturated rings. The van der Waals surface area contributed by atoms with Gasteiger partial charge in [0.15, 0.2) is 17.3 Å². The van der Waals surface area contributed by atoms with Crippen LogP contribution >= 0.6 is 11.6 Å². The quantitative estimate of drug-likeness (QED) is 0.806. The molecule has 132 valence electrons. The first kappa shape index (κ1) is 17.1. The zero-order valence-corrected chi connectivity index (χ0v) is 14.6. The van der Waals surface area contributed by atoms with Crippen LogP contribution in [-0.2, 0) is 9.53 Å². The molecule has 25 heavy (non-hydrogen) atoms. The van der Waals surface area contributed by atoms with Crippen LogP contribution in [-0.4, -0.2) is 43.4 Å². The summed E-state index contributed by atoms with van der Waals surface area (Å²) in [5.74, 6) is -0.177. The lowest BCUT2D eigenvalue weighted by molar-refractivity contribution is -0.116. The van der Waals surface area contributed by atoms with E-state index in [0.29, 0.717) is 27.6 Å². The number of fused-ring (bicyclic) bond motifs is 1. The van der Waals surface area contributed by atoms with Crippen LogP contribution in [0.25, 0.3) is 0 Å². The summed E-state index contributed by atoms with van der Waals surface area (Å²) >= 11 is 6.49. The van der Waals surface area contributed by atoms with Gasteiger partial charge in [0, 0.05) is 17.9 Å². The Balaban J connectivity index is 2.18. The molecule has 2 heterocycles. The molecule has 0 radical (unpaired) electrons. The van der Waals surface area contributed by atoms with Crippen molar-refractivity contribution in [3.8, 4) is 11.5 Å². The molecule has 0 spiro atoms. The van der Waals surface area contributed by atoms with Gasteiger partial charge in [0.25, 0.3) is 0 Å². The third-order valence-electron chi connectivity index (χ3n) is 4.08. The number of H-pyrrole nitrogens is 1. The van der Waals surface area contributed by atoms with Crippen LogP contribution in [0.3, 0.4) is 0 Å². The van der Waals surface area contributed by atoms with Gasteiger partial charge in [-0.25, -0.2) is 4.79 Å². The number of nitrogens with one attached hydrogen (secondary N) is 2. The van der Waals surface area contributed by atoms with Crippen molar-refractivity contribution in [3.63, 3.8) is 0 Å². The Morgan fingerprint density at radius 2 is 2.04 bits per heavy atom. The lowest BCUT2D eigenvalue weighted by Gasteiger charge is -2.24. The largest absolute Gasteiger partial charge is 0.493 e. The number of nitrogens with zero attached hydrogens (tertiary/aromatic N) is 1. The highest BCUT2D eigenvalue weighted by Crippen LogP contribution is 2.46. The molecule has 1 aromatic heterocycles. The maximum Gasteiger partial charge on any atom is 0.356 e. The number of hydrogen-bond donors (Lipinski definition) is 2. The van der Waals surface area contributed by atoms with E-state index in [1.165, 1.54) is 21.3 Å². The normalized spacial score (nSPS) is 16.0. The van der Waals surface area contributed by atoms with E-state index in [4.69, 9.17) is 25.8 Å². The molecule has 0 bridgehead atoms. The Morgan fingerprint density at radius 1 is 1.28 bits per heavy atom. The number of carbonyl (C=O) groups is 2. The summed E-state index contributed by atoms with van der Waals surface area (Å²) in [7, 11) is 4.26. The maximum absolute atomic E-state index is 12.1. The molecular weight excluding hydrogens is 350 g/mol. The number of aromatic amines is 1. The number of anilines is 1. The molecule has 1 atom stereocenters. The van der Waals surface area contributed by atoms with Gasteiger partial charge in [-0.05, 0) is 11.6 Å². The van der Waals surface area contributed by atoms with E-state index >= 15 is 0 Å². The van der Waals surface area contributed by atoms with E-state index in [1.54, 1.807) is 12.1 Å². The summed E-state index contributed by atoms with van der Waals surface area (Å²) in [4.78, 5) is 24.1. The Labute approximate surface area is 148 Å². The molecule has 0 saturated heterocycles. The summed E-state index contributed by atoms with van der Waals surface area (Å²) in [6, 6.07) is 3.44. The lowest BCUT2D eigenvalue weighted by Crippen LogP contribution is -2.24. The van der Waals surface area contributed by atoms with Crippen LogP contribution in [0.2, 0.25) is 5.02 Å². The number of amides is 1. The van der Waals surface area contributed by atoms with Crippen LogP contribution in [0.4, 0.5) is 5.82 Å². The van der Waals surface area contributed by atoms with Crippen molar-refractivity contribution >= 4 is 29.3 Å². The lowest BCUT2D eigenvalue weighted by atomic mass is 9.85. The number of esters is 1. The van der Waals surface area contributed by atoms with Crippen molar-refractivity contribution in [2.24, 2.45) is 0 Å². The van der Waals surface area contributed by atoms with E-state index < -0.39 is 11.9 Å². The third kappa shape index (κ3) is 2.78. The summed E-state index contributed by atoms with van der Waals surface area (Å²) < 4.78 is 15.3.